The van der Waals surface area contributed by atoms with Crippen molar-refractivity contribution in [1.82, 2.24) is 4.98 Å². The van der Waals surface area contributed by atoms with Crippen LogP contribution in [0.1, 0.15) is 18.2 Å². The third kappa shape index (κ3) is 2.00. The molecular weight excluding hydrogens is 216 g/mol. The van der Waals surface area contributed by atoms with Gasteiger partial charge >= 0.3 is 0 Å². The summed E-state index contributed by atoms with van der Waals surface area (Å²) >= 11 is 0. The second-order valence-electron chi connectivity index (χ2n) is 3.52. The molecule has 0 unspecified atom stereocenters. The number of aromatic nitrogens is 1. The fourth-order valence-electron chi connectivity index (χ4n) is 1.73. The van der Waals surface area contributed by atoms with Crippen LogP contribution in [0.4, 0.5) is 0 Å². The van der Waals surface area contributed by atoms with Crippen LogP contribution < -0.4 is 4.74 Å². The molecule has 4 heteroatoms. The zero-order chi connectivity index (χ0) is 12.3. The minimum Gasteiger partial charge on any atom is -0.496 e. The fraction of sp³-hybridized carbons (Fsp3) is 0.231. The first kappa shape index (κ1) is 11.2. The first-order chi connectivity index (χ1) is 8.30. The van der Waals surface area contributed by atoms with Gasteiger partial charge in [0.2, 0.25) is 0 Å². The Hall–Kier alpha value is -2.28. The van der Waals surface area contributed by atoms with E-state index in [2.05, 4.69) is 4.98 Å². The molecule has 0 aliphatic heterocycles. The summed E-state index contributed by atoms with van der Waals surface area (Å²) in [5.41, 5.74) is 2.22. The lowest BCUT2D eigenvalue weighted by molar-refractivity contribution is 0.410. The third-order valence-corrected chi connectivity index (χ3v) is 2.60. The maximum Gasteiger partial charge on any atom is 0.187 e. The van der Waals surface area contributed by atoms with Crippen molar-refractivity contribution in [2.24, 2.45) is 0 Å². The van der Waals surface area contributed by atoms with Crippen LogP contribution in [0.15, 0.2) is 29.0 Å². The van der Waals surface area contributed by atoms with Crippen molar-refractivity contribution in [2.75, 3.05) is 7.11 Å². The molecule has 0 atom stereocenters. The van der Waals surface area contributed by atoms with Crippen LogP contribution in [-0.2, 0) is 6.42 Å². The van der Waals surface area contributed by atoms with Crippen molar-refractivity contribution < 1.29 is 9.15 Å². The van der Waals surface area contributed by atoms with Gasteiger partial charge < -0.3 is 9.15 Å². The topological polar surface area (TPSA) is 59.0 Å². The molecule has 0 amide bonds. The number of hydrogen-bond acceptors (Lipinski definition) is 4. The first-order valence-corrected chi connectivity index (χ1v) is 5.31. The minimum absolute atomic E-state index is 0.303. The summed E-state index contributed by atoms with van der Waals surface area (Å²) in [6.07, 6.45) is 2.14. The summed E-state index contributed by atoms with van der Waals surface area (Å²) in [5, 5.41) is 8.90. The predicted molar refractivity (Wildman–Crippen MR) is 62.6 cm³/mol. The number of aryl methyl sites for hydroxylation is 1. The Morgan fingerprint density at radius 3 is 2.94 bits per heavy atom. The molecule has 0 N–H and O–H groups in total. The fourth-order valence-corrected chi connectivity index (χ4v) is 1.73. The summed E-state index contributed by atoms with van der Waals surface area (Å²) in [6.45, 7) is 2.05. The molecule has 0 saturated heterocycles. The molecule has 0 radical (unpaired) electrons. The highest BCUT2D eigenvalue weighted by Crippen LogP contribution is 2.28. The number of oxazole rings is 1. The largest absolute Gasteiger partial charge is 0.496 e. The van der Waals surface area contributed by atoms with Gasteiger partial charge in [0, 0.05) is 5.56 Å². The van der Waals surface area contributed by atoms with Crippen molar-refractivity contribution in [2.45, 2.75) is 13.3 Å². The molecule has 0 saturated carbocycles. The maximum atomic E-state index is 8.90. The van der Waals surface area contributed by atoms with E-state index in [1.807, 2.05) is 31.2 Å². The Kier molecular flexibility index (Phi) is 3.10. The number of hydrogen-bond donors (Lipinski definition) is 0. The van der Waals surface area contributed by atoms with E-state index in [4.69, 9.17) is 14.4 Å². The smallest absolute Gasteiger partial charge is 0.187 e. The molecule has 17 heavy (non-hydrogen) atoms. The molecule has 4 nitrogen and oxygen atoms in total. The van der Waals surface area contributed by atoms with Crippen molar-refractivity contribution >= 4 is 0 Å². The normalized spacial score (nSPS) is 9.94. The summed E-state index contributed by atoms with van der Waals surface area (Å²) in [4.78, 5) is 3.85. The predicted octanol–water partition coefficient (Wildman–Crippen LogP) is 2.78. The summed E-state index contributed by atoms with van der Waals surface area (Å²) in [5.74, 6) is 1.35. The van der Waals surface area contributed by atoms with E-state index in [-0.39, 0.29) is 0 Å². The number of nitriles is 1. The summed E-state index contributed by atoms with van der Waals surface area (Å²) < 4.78 is 10.5. The molecule has 1 aromatic carbocycles. The minimum atomic E-state index is 0.303. The molecule has 0 fully saturated rings. The molecule has 86 valence electrons. The van der Waals surface area contributed by atoms with Gasteiger partial charge in [0.05, 0.1) is 7.11 Å². The van der Waals surface area contributed by atoms with Crippen LogP contribution in [0.3, 0.4) is 0 Å². The van der Waals surface area contributed by atoms with Crippen LogP contribution in [0.25, 0.3) is 11.3 Å². The van der Waals surface area contributed by atoms with Gasteiger partial charge in [-0.1, -0.05) is 6.92 Å². The van der Waals surface area contributed by atoms with Crippen molar-refractivity contribution in [3.63, 3.8) is 0 Å². The Morgan fingerprint density at radius 2 is 2.29 bits per heavy atom. The molecule has 2 aromatic rings. The van der Waals surface area contributed by atoms with Crippen LogP contribution in [-0.4, -0.2) is 12.1 Å². The highest BCUT2D eigenvalue weighted by atomic mass is 16.5. The van der Waals surface area contributed by atoms with Crippen LogP contribution in [0.2, 0.25) is 0 Å². The second-order valence-corrected chi connectivity index (χ2v) is 3.52. The van der Waals surface area contributed by atoms with E-state index in [9.17, 15) is 0 Å². The van der Waals surface area contributed by atoms with Crippen LogP contribution in [0.5, 0.6) is 5.75 Å². The quantitative estimate of drug-likeness (QED) is 0.810. The number of rotatable bonds is 3. The monoisotopic (exact) mass is 228 g/mol. The van der Waals surface area contributed by atoms with Gasteiger partial charge in [0.25, 0.3) is 0 Å². The zero-order valence-corrected chi connectivity index (χ0v) is 9.73. The average molecular weight is 228 g/mol. The van der Waals surface area contributed by atoms with Crippen LogP contribution >= 0.6 is 0 Å². The molecule has 0 aliphatic carbocycles. The highest BCUT2D eigenvalue weighted by molar-refractivity contribution is 5.65. The number of nitrogens with zero attached hydrogens (tertiary/aromatic N) is 2. The lowest BCUT2D eigenvalue weighted by Crippen LogP contribution is -1.91. The van der Waals surface area contributed by atoms with Crippen LogP contribution in [0, 0.1) is 11.3 Å². The lowest BCUT2D eigenvalue weighted by Gasteiger charge is -2.07. The molecule has 2 rings (SSSR count). The summed E-state index contributed by atoms with van der Waals surface area (Å²) in [7, 11) is 1.64. The van der Waals surface area contributed by atoms with Gasteiger partial charge in [0.15, 0.2) is 17.8 Å². The molecule has 0 spiro atoms. The molecular formula is C13H12N2O2. The Labute approximate surface area is 99.5 Å². The molecule has 1 heterocycles. The molecule has 0 bridgehead atoms. The van der Waals surface area contributed by atoms with E-state index < -0.39 is 0 Å². The maximum absolute atomic E-state index is 8.90. The molecule has 1 aromatic heterocycles. The van der Waals surface area contributed by atoms with Gasteiger partial charge in [-0.15, -0.1) is 0 Å². The summed E-state index contributed by atoms with van der Waals surface area (Å²) in [6, 6.07) is 7.70. The zero-order valence-electron chi connectivity index (χ0n) is 9.73. The van der Waals surface area contributed by atoms with Gasteiger partial charge in [0.1, 0.15) is 11.8 Å². The molecule has 0 aliphatic rings. The standard InChI is InChI=1S/C13H12N2O2/c1-3-9-6-10(4-5-12(9)16-2)13-11(7-14)15-8-17-13/h4-6,8H,3H2,1-2H3. The van der Waals surface area contributed by atoms with Crippen molar-refractivity contribution in [1.29, 1.82) is 5.26 Å². The number of ether oxygens (including phenoxy) is 1. The number of benzene rings is 1. The van der Waals surface area contributed by atoms with Gasteiger partial charge in [-0.3, -0.25) is 0 Å². The SMILES string of the molecule is CCc1cc(-c2ocnc2C#N)ccc1OC. The van der Waals surface area contributed by atoms with E-state index in [0.717, 1.165) is 23.3 Å². The van der Waals surface area contributed by atoms with E-state index in [0.29, 0.717) is 11.5 Å². The van der Waals surface area contributed by atoms with E-state index in [1.54, 1.807) is 7.11 Å². The van der Waals surface area contributed by atoms with Gasteiger partial charge in [-0.25, -0.2) is 4.98 Å². The Bertz CT molecular complexity index is 567. The van der Waals surface area contributed by atoms with Crippen molar-refractivity contribution in [3.05, 3.63) is 35.9 Å². The number of methoxy groups -OCH3 is 1. The van der Waals surface area contributed by atoms with E-state index >= 15 is 0 Å². The first-order valence-electron chi connectivity index (χ1n) is 5.31. The Balaban J connectivity index is 2.51. The van der Waals surface area contributed by atoms with Crippen molar-refractivity contribution in [3.8, 4) is 23.1 Å². The van der Waals surface area contributed by atoms with Gasteiger partial charge in [-0.2, -0.15) is 5.26 Å². The van der Waals surface area contributed by atoms with E-state index in [1.165, 1.54) is 6.39 Å². The highest BCUT2D eigenvalue weighted by Gasteiger charge is 2.12. The Morgan fingerprint density at radius 1 is 1.47 bits per heavy atom. The third-order valence-electron chi connectivity index (χ3n) is 2.60. The average Bonchev–Trinajstić information content (AvgIpc) is 2.86. The lowest BCUT2D eigenvalue weighted by atomic mass is 10.0. The van der Waals surface area contributed by atoms with Gasteiger partial charge in [-0.05, 0) is 30.2 Å². The second kappa shape index (κ2) is 4.71.